The predicted molar refractivity (Wildman–Crippen MR) is 62.7 cm³/mol. The van der Waals surface area contributed by atoms with Crippen LogP contribution in [0.1, 0.15) is 22.8 Å². The van der Waals surface area contributed by atoms with Crippen molar-refractivity contribution in [2.75, 3.05) is 6.61 Å². The second-order valence-electron chi connectivity index (χ2n) is 3.78. The number of ether oxygens (including phenoxy) is 1. The summed E-state index contributed by atoms with van der Waals surface area (Å²) >= 11 is 0. The van der Waals surface area contributed by atoms with Gasteiger partial charge < -0.3 is 9.84 Å². The molecule has 0 saturated carbocycles. The maximum absolute atomic E-state index is 13.6. The lowest BCUT2D eigenvalue weighted by Gasteiger charge is -2.09. The van der Waals surface area contributed by atoms with E-state index in [1.165, 1.54) is 0 Å². The van der Waals surface area contributed by atoms with E-state index in [2.05, 4.69) is 4.74 Å². The van der Waals surface area contributed by atoms with Crippen LogP contribution in [-0.2, 0) is 9.53 Å². The third-order valence-corrected chi connectivity index (χ3v) is 2.48. The highest BCUT2D eigenvalue weighted by molar-refractivity contribution is 6.24. The molecule has 0 spiro atoms. The fourth-order valence-corrected chi connectivity index (χ4v) is 1.50. The largest absolute Gasteiger partial charge is 0.500 e. The first-order valence-corrected chi connectivity index (χ1v) is 5.55. The third kappa shape index (κ3) is 2.98. The molecule has 1 aromatic carbocycles. The zero-order valence-electron chi connectivity index (χ0n) is 10.7. The highest BCUT2D eigenvalue weighted by Crippen LogP contribution is 2.22. The Kier molecular flexibility index (Phi) is 4.90. The standard InChI is InChI=1S/C13H11F3O4/c1-3-20-5-7(13(18)19)12(17)10-6(2)11(16)9(15)4-8(10)14/h4-5H,3H2,1-2H3,(H,18,19). The molecule has 7 heteroatoms. The molecule has 0 aliphatic heterocycles. The van der Waals surface area contributed by atoms with Crippen LogP contribution in [0.25, 0.3) is 0 Å². The number of benzene rings is 1. The Balaban J connectivity index is 3.40. The monoisotopic (exact) mass is 288 g/mol. The number of carbonyl (C=O) groups excluding carboxylic acids is 1. The summed E-state index contributed by atoms with van der Waals surface area (Å²) in [6.07, 6.45) is 0.644. The van der Waals surface area contributed by atoms with Gasteiger partial charge in [-0.05, 0) is 13.8 Å². The summed E-state index contributed by atoms with van der Waals surface area (Å²) in [5.41, 5.74) is -2.31. The second kappa shape index (κ2) is 6.23. The molecule has 0 unspecified atom stereocenters. The Labute approximate surface area is 112 Å². The highest BCUT2D eigenvalue weighted by Gasteiger charge is 2.27. The Morgan fingerprint density at radius 2 is 1.90 bits per heavy atom. The Morgan fingerprint density at radius 1 is 1.30 bits per heavy atom. The van der Waals surface area contributed by atoms with Crippen LogP contribution in [-0.4, -0.2) is 23.5 Å². The lowest BCUT2D eigenvalue weighted by molar-refractivity contribution is -0.132. The molecule has 0 bridgehead atoms. The van der Waals surface area contributed by atoms with Crippen molar-refractivity contribution in [2.24, 2.45) is 0 Å². The number of aliphatic carboxylic acids is 1. The van der Waals surface area contributed by atoms with E-state index < -0.39 is 45.9 Å². The van der Waals surface area contributed by atoms with Crippen LogP contribution in [0.2, 0.25) is 0 Å². The van der Waals surface area contributed by atoms with E-state index in [4.69, 9.17) is 5.11 Å². The minimum atomic E-state index is -1.66. The van der Waals surface area contributed by atoms with Gasteiger partial charge in [-0.1, -0.05) is 0 Å². The third-order valence-electron chi connectivity index (χ3n) is 2.48. The first-order valence-electron chi connectivity index (χ1n) is 5.55. The van der Waals surface area contributed by atoms with Gasteiger partial charge >= 0.3 is 5.97 Å². The average Bonchev–Trinajstić information content (AvgIpc) is 2.36. The quantitative estimate of drug-likeness (QED) is 0.226. The fraction of sp³-hybridized carbons (Fsp3) is 0.231. The molecule has 0 saturated heterocycles. The first-order chi connectivity index (χ1) is 9.31. The van der Waals surface area contributed by atoms with Gasteiger partial charge in [0.2, 0.25) is 5.78 Å². The Bertz CT molecular complexity index is 594. The lowest BCUT2D eigenvalue weighted by atomic mass is 9.98. The van der Waals surface area contributed by atoms with E-state index in [1.54, 1.807) is 6.92 Å². The summed E-state index contributed by atoms with van der Waals surface area (Å²) in [6.45, 7) is 2.61. The number of carboxylic acid groups (broad SMARTS) is 1. The number of rotatable bonds is 5. The fourth-order valence-electron chi connectivity index (χ4n) is 1.50. The summed E-state index contributed by atoms with van der Waals surface area (Å²) in [7, 11) is 0. The average molecular weight is 288 g/mol. The number of hydrogen-bond acceptors (Lipinski definition) is 3. The van der Waals surface area contributed by atoms with Gasteiger partial charge in [0, 0.05) is 11.6 Å². The molecule has 1 rings (SSSR count). The summed E-state index contributed by atoms with van der Waals surface area (Å²) in [4.78, 5) is 22.9. The first kappa shape index (κ1) is 15.7. The Hall–Kier alpha value is -2.31. The Morgan fingerprint density at radius 3 is 2.40 bits per heavy atom. The molecule has 0 fully saturated rings. The van der Waals surface area contributed by atoms with Crippen LogP contribution < -0.4 is 0 Å². The molecule has 20 heavy (non-hydrogen) atoms. The number of ketones is 1. The van der Waals surface area contributed by atoms with Crippen molar-refractivity contribution in [1.29, 1.82) is 0 Å². The summed E-state index contributed by atoms with van der Waals surface area (Å²) in [5, 5.41) is 8.88. The number of halogens is 3. The maximum Gasteiger partial charge on any atom is 0.342 e. The van der Waals surface area contributed by atoms with Gasteiger partial charge in [-0.3, -0.25) is 4.79 Å². The van der Waals surface area contributed by atoms with Gasteiger partial charge in [0.15, 0.2) is 11.6 Å². The van der Waals surface area contributed by atoms with Gasteiger partial charge in [0.1, 0.15) is 17.7 Å². The van der Waals surface area contributed by atoms with Crippen molar-refractivity contribution < 1.29 is 32.6 Å². The van der Waals surface area contributed by atoms with Crippen LogP contribution >= 0.6 is 0 Å². The van der Waals surface area contributed by atoms with Crippen LogP contribution in [0.4, 0.5) is 13.2 Å². The molecular formula is C13H11F3O4. The summed E-state index contributed by atoms with van der Waals surface area (Å²) in [6, 6.07) is 0.190. The van der Waals surface area contributed by atoms with E-state index in [9.17, 15) is 22.8 Å². The lowest BCUT2D eigenvalue weighted by Crippen LogP contribution is -2.17. The van der Waals surface area contributed by atoms with Crippen molar-refractivity contribution >= 4 is 11.8 Å². The number of Topliss-reactive ketones (excluding diaryl/α,β-unsaturated/α-hetero) is 1. The summed E-state index contributed by atoms with van der Waals surface area (Å²) in [5.74, 6) is -7.15. The van der Waals surface area contributed by atoms with E-state index in [0.717, 1.165) is 6.92 Å². The molecule has 0 radical (unpaired) electrons. The van der Waals surface area contributed by atoms with Gasteiger partial charge in [-0.25, -0.2) is 18.0 Å². The highest BCUT2D eigenvalue weighted by atomic mass is 19.2. The number of carbonyl (C=O) groups is 2. The molecule has 0 amide bonds. The minimum Gasteiger partial charge on any atom is -0.500 e. The van der Waals surface area contributed by atoms with Crippen LogP contribution in [0.5, 0.6) is 0 Å². The van der Waals surface area contributed by atoms with Crippen molar-refractivity contribution in [1.82, 2.24) is 0 Å². The topological polar surface area (TPSA) is 63.6 Å². The molecule has 108 valence electrons. The molecule has 0 atom stereocenters. The van der Waals surface area contributed by atoms with Crippen molar-refractivity contribution in [3.05, 3.63) is 46.5 Å². The van der Waals surface area contributed by atoms with Gasteiger partial charge in [-0.2, -0.15) is 0 Å². The van der Waals surface area contributed by atoms with E-state index >= 15 is 0 Å². The zero-order valence-corrected chi connectivity index (χ0v) is 10.7. The van der Waals surface area contributed by atoms with Crippen molar-refractivity contribution in [2.45, 2.75) is 13.8 Å². The van der Waals surface area contributed by atoms with Gasteiger partial charge in [-0.15, -0.1) is 0 Å². The molecule has 4 nitrogen and oxygen atoms in total. The van der Waals surface area contributed by atoms with Crippen LogP contribution in [0.3, 0.4) is 0 Å². The molecule has 0 heterocycles. The molecule has 1 N–H and O–H groups in total. The molecule has 0 aliphatic rings. The SMILES string of the molecule is CCOC=C(C(=O)O)C(=O)c1c(F)cc(F)c(F)c1C. The van der Waals surface area contributed by atoms with Crippen LogP contribution in [0, 0.1) is 24.4 Å². The van der Waals surface area contributed by atoms with E-state index in [1.807, 2.05) is 0 Å². The second-order valence-corrected chi connectivity index (χ2v) is 3.78. The van der Waals surface area contributed by atoms with Gasteiger partial charge in [0.25, 0.3) is 0 Å². The van der Waals surface area contributed by atoms with E-state index in [0.29, 0.717) is 6.26 Å². The molecule has 1 aromatic rings. The number of hydrogen-bond donors (Lipinski definition) is 1. The van der Waals surface area contributed by atoms with Gasteiger partial charge in [0.05, 0.1) is 12.2 Å². The minimum absolute atomic E-state index is 0.0866. The maximum atomic E-state index is 13.6. The van der Waals surface area contributed by atoms with E-state index in [-0.39, 0.29) is 12.7 Å². The van der Waals surface area contributed by atoms with Crippen LogP contribution in [0.15, 0.2) is 17.9 Å². The van der Waals surface area contributed by atoms with Crippen molar-refractivity contribution in [3.63, 3.8) is 0 Å². The summed E-state index contributed by atoms with van der Waals surface area (Å²) < 4.78 is 44.6. The predicted octanol–water partition coefficient (Wildman–Crippen LogP) is 2.60. The smallest absolute Gasteiger partial charge is 0.342 e. The van der Waals surface area contributed by atoms with Crippen molar-refractivity contribution in [3.8, 4) is 0 Å². The molecule has 0 aromatic heterocycles. The molecule has 0 aliphatic carbocycles. The molecular weight excluding hydrogens is 277 g/mol. The zero-order chi connectivity index (χ0) is 15.4. The number of carboxylic acids is 1. The normalized spacial score (nSPS) is 11.3.